The minimum atomic E-state index is -1.48. The fourth-order valence-corrected chi connectivity index (χ4v) is 2.29. The van der Waals surface area contributed by atoms with Gasteiger partial charge in [0, 0.05) is 12.1 Å². The van der Waals surface area contributed by atoms with Crippen LogP contribution in [0, 0.1) is 10.1 Å². The summed E-state index contributed by atoms with van der Waals surface area (Å²) in [5, 5.41) is 26.7. The molecule has 2 amide bonds. The lowest BCUT2D eigenvalue weighted by atomic mass is 10.0. The van der Waals surface area contributed by atoms with Gasteiger partial charge in [-0.1, -0.05) is 6.07 Å². The number of anilines is 2. The number of aromatic carboxylic acids is 1. The fraction of sp³-hybridized carbons (Fsp3) is 0. The van der Waals surface area contributed by atoms with Crippen LogP contribution >= 0.6 is 0 Å². The van der Waals surface area contributed by atoms with Gasteiger partial charge in [-0.15, -0.1) is 0 Å². The molecule has 1 aliphatic heterocycles. The number of nitro benzene ring substituents is 1. The molecule has 2 N–H and O–H groups in total. The molecule has 0 radical (unpaired) electrons. The third kappa shape index (κ3) is 2.54. The van der Waals surface area contributed by atoms with Crippen LogP contribution < -0.4 is 15.7 Å². The van der Waals surface area contributed by atoms with Crippen molar-refractivity contribution in [3.05, 3.63) is 63.2 Å². The van der Waals surface area contributed by atoms with Crippen molar-refractivity contribution >= 4 is 34.8 Å². The van der Waals surface area contributed by atoms with E-state index in [-0.39, 0.29) is 33.8 Å². The minimum Gasteiger partial charge on any atom is -0.545 e. The van der Waals surface area contributed by atoms with E-state index in [0.29, 0.717) is 0 Å². The number of fused-ring (bicyclic) bond motifs is 2. The van der Waals surface area contributed by atoms with E-state index < -0.39 is 22.7 Å². The summed E-state index contributed by atoms with van der Waals surface area (Å²) in [7, 11) is 0. The lowest BCUT2D eigenvalue weighted by Gasteiger charge is -2.18. The first-order valence-corrected chi connectivity index (χ1v) is 6.63. The molecule has 0 aliphatic carbocycles. The van der Waals surface area contributed by atoms with Gasteiger partial charge in [-0.3, -0.25) is 19.7 Å². The minimum absolute atomic E-state index is 0.0605. The first-order chi connectivity index (χ1) is 11.4. The van der Waals surface area contributed by atoms with Crippen molar-refractivity contribution < 1.29 is 24.4 Å². The highest BCUT2D eigenvalue weighted by Gasteiger charge is 2.24. The van der Waals surface area contributed by atoms with Crippen LogP contribution in [0.2, 0.25) is 0 Å². The summed E-state index contributed by atoms with van der Waals surface area (Å²) >= 11 is 0. The van der Waals surface area contributed by atoms with E-state index >= 15 is 0 Å². The second kappa shape index (κ2) is 5.47. The third-order valence-corrected chi connectivity index (χ3v) is 3.45. The Balaban J connectivity index is 2.11. The van der Waals surface area contributed by atoms with Crippen molar-refractivity contribution in [2.24, 2.45) is 0 Å². The summed E-state index contributed by atoms with van der Waals surface area (Å²) in [5.41, 5.74) is -0.480. The molecule has 24 heavy (non-hydrogen) atoms. The van der Waals surface area contributed by atoms with E-state index in [0.717, 1.165) is 18.2 Å². The summed E-state index contributed by atoms with van der Waals surface area (Å²) in [6.07, 6.45) is 0. The van der Waals surface area contributed by atoms with Crippen molar-refractivity contribution in [2.45, 2.75) is 0 Å². The van der Waals surface area contributed by atoms with Gasteiger partial charge in [0.05, 0.1) is 33.4 Å². The summed E-state index contributed by atoms with van der Waals surface area (Å²) in [6.45, 7) is 0. The second-order valence-electron chi connectivity index (χ2n) is 4.94. The Bertz CT molecular complexity index is 921. The van der Waals surface area contributed by atoms with Crippen LogP contribution in [0.25, 0.3) is 0 Å². The number of benzene rings is 2. The molecule has 0 bridgehead atoms. The van der Waals surface area contributed by atoms with Crippen LogP contribution in [0.5, 0.6) is 0 Å². The van der Waals surface area contributed by atoms with Crippen molar-refractivity contribution in [2.75, 3.05) is 10.6 Å². The molecule has 0 fully saturated rings. The van der Waals surface area contributed by atoms with Gasteiger partial charge in [-0.25, -0.2) is 0 Å². The molecule has 2 aromatic rings. The molecule has 3 rings (SSSR count). The fourth-order valence-electron chi connectivity index (χ4n) is 2.29. The van der Waals surface area contributed by atoms with E-state index in [1.54, 1.807) is 0 Å². The van der Waals surface area contributed by atoms with Crippen LogP contribution in [-0.4, -0.2) is 22.7 Å². The van der Waals surface area contributed by atoms with Gasteiger partial charge in [0.2, 0.25) is 0 Å². The smallest absolute Gasteiger partial charge is 0.271 e. The van der Waals surface area contributed by atoms with Gasteiger partial charge in [-0.05, 0) is 23.8 Å². The zero-order valence-electron chi connectivity index (χ0n) is 11.9. The van der Waals surface area contributed by atoms with E-state index in [4.69, 9.17) is 0 Å². The maximum absolute atomic E-state index is 12.3. The summed E-state index contributed by atoms with van der Waals surface area (Å²) < 4.78 is 0. The highest BCUT2D eigenvalue weighted by molar-refractivity contribution is 6.19. The van der Waals surface area contributed by atoms with Crippen LogP contribution in [0.15, 0.2) is 36.4 Å². The molecule has 0 aromatic heterocycles. The molecule has 0 spiro atoms. The van der Waals surface area contributed by atoms with Gasteiger partial charge < -0.3 is 20.5 Å². The quantitative estimate of drug-likeness (QED) is 0.617. The second-order valence-corrected chi connectivity index (χ2v) is 4.94. The molecule has 0 saturated carbocycles. The Kier molecular flexibility index (Phi) is 3.45. The van der Waals surface area contributed by atoms with Gasteiger partial charge in [0.15, 0.2) is 0 Å². The summed E-state index contributed by atoms with van der Waals surface area (Å²) in [4.78, 5) is 45.7. The molecule has 0 saturated heterocycles. The molecular formula is C15H8N3O6-. The number of rotatable bonds is 2. The highest BCUT2D eigenvalue weighted by Crippen LogP contribution is 2.30. The lowest BCUT2D eigenvalue weighted by molar-refractivity contribution is -0.384. The molecular weight excluding hydrogens is 318 g/mol. The van der Waals surface area contributed by atoms with Crippen molar-refractivity contribution in [3.63, 3.8) is 0 Å². The number of nitro groups is 1. The van der Waals surface area contributed by atoms with E-state index in [1.807, 2.05) is 0 Å². The van der Waals surface area contributed by atoms with E-state index in [9.17, 15) is 29.6 Å². The van der Waals surface area contributed by atoms with Crippen molar-refractivity contribution in [1.29, 1.82) is 0 Å². The van der Waals surface area contributed by atoms with Crippen LogP contribution in [0.4, 0.5) is 17.1 Å². The van der Waals surface area contributed by atoms with Crippen LogP contribution in [-0.2, 0) is 0 Å². The molecule has 1 aliphatic rings. The topological polar surface area (TPSA) is 141 Å². The average molecular weight is 326 g/mol. The lowest BCUT2D eigenvalue weighted by Crippen LogP contribution is -2.27. The maximum atomic E-state index is 12.3. The highest BCUT2D eigenvalue weighted by atomic mass is 16.6. The Morgan fingerprint density at radius 3 is 2.25 bits per heavy atom. The number of hydrogen-bond acceptors (Lipinski definition) is 6. The van der Waals surface area contributed by atoms with E-state index in [2.05, 4.69) is 10.6 Å². The van der Waals surface area contributed by atoms with Crippen molar-refractivity contribution in [3.8, 4) is 0 Å². The van der Waals surface area contributed by atoms with E-state index in [1.165, 1.54) is 18.2 Å². The Hall–Kier alpha value is -3.75. The SMILES string of the molecule is O=C([O-])c1ccc2c(c1)C(=O)Nc1ccc([N+](=O)[O-])cc1NC2=O. The van der Waals surface area contributed by atoms with Gasteiger partial charge in [0.1, 0.15) is 0 Å². The third-order valence-electron chi connectivity index (χ3n) is 3.45. The number of carboxylic acids is 1. The van der Waals surface area contributed by atoms with Crippen LogP contribution in [0.1, 0.15) is 31.1 Å². The number of carbonyl (C=O) groups excluding carboxylic acids is 3. The normalized spacial score (nSPS) is 12.8. The summed E-state index contributed by atoms with van der Waals surface area (Å²) in [6, 6.07) is 6.92. The number of nitrogens with zero attached hydrogens (tertiary/aromatic N) is 1. The zero-order chi connectivity index (χ0) is 17.4. The average Bonchev–Trinajstić information content (AvgIpc) is 2.54. The van der Waals surface area contributed by atoms with Crippen molar-refractivity contribution in [1.82, 2.24) is 0 Å². The predicted octanol–water partition coefficient (Wildman–Crippen LogP) is 0.776. The first-order valence-electron chi connectivity index (χ1n) is 6.63. The standard InChI is InChI=1S/C15H9N3O6/c19-13-9-3-1-7(15(21)22)5-10(9)14(20)16-11-4-2-8(18(23)24)6-12(11)17-13/h1-6H,(H,16,20)(H,17,19)(H,21,22)/p-1. The maximum Gasteiger partial charge on any atom is 0.271 e. The zero-order valence-corrected chi connectivity index (χ0v) is 11.9. The number of carbonyl (C=O) groups is 3. The Labute approximate surface area is 134 Å². The van der Waals surface area contributed by atoms with Crippen LogP contribution in [0.3, 0.4) is 0 Å². The molecule has 0 atom stereocenters. The number of carboxylic acid groups (broad SMARTS) is 1. The van der Waals surface area contributed by atoms with Gasteiger partial charge >= 0.3 is 0 Å². The monoisotopic (exact) mass is 326 g/mol. The number of nitrogens with one attached hydrogen (secondary N) is 2. The Morgan fingerprint density at radius 2 is 1.58 bits per heavy atom. The largest absolute Gasteiger partial charge is 0.545 e. The van der Waals surface area contributed by atoms with Gasteiger partial charge in [-0.2, -0.15) is 0 Å². The predicted molar refractivity (Wildman–Crippen MR) is 79.8 cm³/mol. The number of non-ortho nitro benzene ring substituents is 1. The Morgan fingerprint density at radius 1 is 0.917 bits per heavy atom. The molecule has 9 heteroatoms. The molecule has 0 unspecified atom stereocenters. The first kappa shape index (κ1) is 15.2. The number of amides is 2. The number of hydrogen-bond donors (Lipinski definition) is 2. The summed E-state index contributed by atoms with van der Waals surface area (Å²) in [5.74, 6) is -2.88. The molecule has 9 nitrogen and oxygen atoms in total. The molecule has 2 aromatic carbocycles. The van der Waals surface area contributed by atoms with Gasteiger partial charge in [0.25, 0.3) is 17.5 Å². The molecule has 120 valence electrons. The molecule has 1 heterocycles.